The summed E-state index contributed by atoms with van der Waals surface area (Å²) in [6.45, 7) is 3.01. The van der Waals surface area contributed by atoms with Crippen molar-refractivity contribution in [2.75, 3.05) is 18.7 Å². The van der Waals surface area contributed by atoms with Gasteiger partial charge in [-0.15, -0.1) is 0 Å². The molecule has 0 aliphatic carbocycles. The molecule has 1 fully saturated rings. The average Bonchev–Trinajstić information content (AvgIpc) is 3.19. The molecule has 2 aliphatic heterocycles. The van der Waals surface area contributed by atoms with Crippen LogP contribution < -0.4 is 14.8 Å². The number of aliphatic imine (C=N–C) groups is 1. The summed E-state index contributed by atoms with van der Waals surface area (Å²) in [5.74, 6) is 1.06. The van der Waals surface area contributed by atoms with Crippen LogP contribution >= 0.6 is 11.8 Å². The van der Waals surface area contributed by atoms with E-state index in [1.165, 1.54) is 11.8 Å². The molecule has 2 aromatic carbocycles. The molecule has 1 N–H and O–H groups in total. The summed E-state index contributed by atoms with van der Waals surface area (Å²) in [4.78, 5) is 31.7. The van der Waals surface area contributed by atoms with Crippen molar-refractivity contribution in [1.82, 2.24) is 4.90 Å². The van der Waals surface area contributed by atoms with Gasteiger partial charge in [-0.2, -0.15) is 0 Å². The van der Waals surface area contributed by atoms with E-state index < -0.39 is 5.25 Å². The second-order valence-electron chi connectivity index (χ2n) is 6.59. The maximum atomic E-state index is 12.9. The molecule has 2 heterocycles. The van der Waals surface area contributed by atoms with Crippen LogP contribution in [0.2, 0.25) is 0 Å². The maximum absolute atomic E-state index is 12.9. The smallest absolute Gasteiger partial charge is 0.238 e. The Bertz CT molecular complexity index is 948. The summed E-state index contributed by atoms with van der Waals surface area (Å²) in [6, 6.07) is 14.8. The summed E-state index contributed by atoms with van der Waals surface area (Å²) in [6.07, 6.45) is 0.122. The van der Waals surface area contributed by atoms with Crippen LogP contribution in [0.5, 0.6) is 11.5 Å². The Morgan fingerprint density at radius 2 is 2.00 bits per heavy atom. The van der Waals surface area contributed by atoms with Crippen molar-refractivity contribution in [3.63, 3.8) is 0 Å². The van der Waals surface area contributed by atoms with Crippen molar-refractivity contribution >= 4 is 34.4 Å². The minimum Gasteiger partial charge on any atom is -0.454 e. The molecule has 1 saturated heterocycles. The van der Waals surface area contributed by atoms with Crippen LogP contribution in [0.15, 0.2) is 53.5 Å². The first-order valence-electron chi connectivity index (χ1n) is 9.40. The van der Waals surface area contributed by atoms with E-state index in [9.17, 15) is 9.59 Å². The van der Waals surface area contributed by atoms with Crippen LogP contribution in [-0.2, 0) is 16.1 Å². The Kier molecular flexibility index (Phi) is 5.71. The van der Waals surface area contributed by atoms with E-state index in [1.807, 2.05) is 55.5 Å². The summed E-state index contributed by atoms with van der Waals surface area (Å²) in [5.41, 5.74) is 1.63. The number of para-hydroxylation sites is 1. The van der Waals surface area contributed by atoms with E-state index in [0.29, 0.717) is 35.4 Å². The minimum atomic E-state index is -0.513. The van der Waals surface area contributed by atoms with E-state index in [2.05, 4.69) is 10.3 Å². The van der Waals surface area contributed by atoms with Gasteiger partial charge in [-0.1, -0.05) is 36.0 Å². The van der Waals surface area contributed by atoms with E-state index >= 15 is 0 Å². The van der Waals surface area contributed by atoms with Crippen molar-refractivity contribution in [1.29, 1.82) is 0 Å². The molecule has 7 nitrogen and oxygen atoms in total. The third-order valence-corrected chi connectivity index (χ3v) is 5.77. The van der Waals surface area contributed by atoms with E-state index in [1.54, 1.807) is 4.90 Å². The molecule has 4 rings (SSSR count). The Morgan fingerprint density at radius 3 is 2.79 bits per heavy atom. The van der Waals surface area contributed by atoms with Gasteiger partial charge in [0.05, 0.1) is 6.54 Å². The molecule has 0 aromatic heterocycles. The van der Waals surface area contributed by atoms with Crippen LogP contribution in [0, 0.1) is 0 Å². The van der Waals surface area contributed by atoms with Gasteiger partial charge in [-0.25, -0.2) is 0 Å². The van der Waals surface area contributed by atoms with Crippen LogP contribution in [0.3, 0.4) is 0 Å². The van der Waals surface area contributed by atoms with Gasteiger partial charge in [0.15, 0.2) is 16.7 Å². The SMILES string of the molecule is CCN=C1SC(C(=O)Nc2ccccc2)CC(=O)N1Cc1ccc2c(c1)OCO2. The second kappa shape index (κ2) is 8.57. The molecule has 8 heteroatoms. The van der Waals surface area contributed by atoms with E-state index in [0.717, 1.165) is 5.56 Å². The number of anilines is 1. The molecule has 150 valence electrons. The highest BCUT2D eigenvalue weighted by Crippen LogP contribution is 2.34. The number of amidine groups is 1. The third-order valence-electron chi connectivity index (χ3n) is 4.54. The monoisotopic (exact) mass is 411 g/mol. The van der Waals surface area contributed by atoms with Crippen molar-refractivity contribution in [2.45, 2.75) is 25.1 Å². The highest BCUT2D eigenvalue weighted by Gasteiger charge is 2.36. The molecule has 1 atom stereocenters. The lowest BCUT2D eigenvalue weighted by molar-refractivity contribution is -0.129. The number of rotatable bonds is 5. The molecule has 2 aromatic rings. The van der Waals surface area contributed by atoms with Gasteiger partial charge >= 0.3 is 0 Å². The van der Waals surface area contributed by atoms with Crippen molar-refractivity contribution in [2.24, 2.45) is 4.99 Å². The summed E-state index contributed by atoms with van der Waals surface area (Å²) >= 11 is 1.33. The number of nitrogens with zero attached hydrogens (tertiary/aromatic N) is 2. The Labute approximate surface area is 173 Å². The molecule has 0 spiro atoms. The van der Waals surface area contributed by atoms with E-state index in [-0.39, 0.29) is 25.0 Å². The quantitative estimate of drug-likeness (QED) is 0.817. The lowest BCUT2D eigenvalue weighted by Crippen LogP contribution is -2.45. The van der Waals surface area contributed by atoms with Gasteiger partial charge in [0.2, 0.25) is 18.6 Å². The Hall–Kier alpha value is -3.00. The zero-order valence-corrected chi connectivity index (χ0v) is 16.8. The number of amides is 2. The first kappa shape index (κ1) is 19.3. The number of ether oxygens (including phenoxy) is 2. The van der Waals surface area contributed by atoms with Gasteiger partial charge in [0, 0.05) is 18.7 Å². The summed E-state index contributed by atoms with van der Waals surface area (Å²) < 4.78 is 10.8. The number of carbonyl (C=O) groups excluding carboxylic acids is 2. The molecule has 0 radical (unpaired) electrons. The molecule has 2 amide bonds. The van der Waals surface area contributed by atoms with Crippen LogP contribution in [-0.4, -0.2) is 40.5 Å². The number of hydrogen-bond donors (Lipinski definition) is 1. The topological polar surface area (TPSA) is 80.2 Å². The molecular formula is C21H21N3O4S. The zero-order valence-electron chi connectivity index (χ0n) is 16.0. The predicted octanol–water partition coefficient (Wildman–Crippen LogP) is 3.26. The van der Waals surface area contributed by atoms with Gasteiger partial charge in [0.1, 0.15) is 5.25 Å². The number of thioether (sulfide) groups is 1. The van der Waals surface area contributed by atoms with Gasteiger partial charge in [-0.3, -0.25) is 19.5 Å². The predicted molar refractivity (Wildman–Crippen MR) is 112 cm³/mol. The first-order chi connectivity index (χ1) is 14.1. The van der Waals surface area contributed by atoms with Crippen molar-refractivity contribution in [3.05, 3.63) is 54.1 Å². The van der Waals surface area contributed by atoms with Crippen molar-refractivity contribution < 1.29 is 19.1 Å². The molecule has 0 bridgehead atoms. The molecule has 1 unspecified atom stereocenters. The zero-order chi connectivity index (χ0) is 20.2. The van der Waals surface area contributed by atoms with Gasteiger partial charge in [0.25, 0.3) is 0 Å². The fourth-order valence-electron chi connectivity index (χ4n) is 3.13. The van der Waals surface area contributed by atoms with E-state index in [4.69, 9.17) is 9.47 Å². The van der Waals surface area contributed by atoms with Gasteiger partial charge < -0.3 is 14.8 Å². The second-order valence-corrected chi connectivity index (χ2v) is 7.76. The Morgan fingerprint density at radius 1 is 1.21 bits per heavy atom. The fraction of sp³-hybridized carbons (Fsp3) is 0.286. The van der Waals surface area contributed by atoms with Crippen molar-refractivity contribution in [3.8, 4) is 11.5 Å². The normalized spacial score (nSPS) is 19.5. The molecule has 0 saturated carbocycles. The molecule has 2 aliphatic rings. The number of nitrogens with one attached hydrogen (secondary N) is 1. The van der Waals surface area contributed by atoms with Crippen LogP contribution in [0.1, 0.15) is 18.9 Å². The minimum absolute atomic E-state index is 0.122. The Balaban J connectivity index is 1.48. The van der Waals surface area contributed by atoms with Gasteiger partial charge in [-0.05, 0) is 36.8 Å². The molecular weight excluding hydrogens is 390 g/mol. The third kappa shape index (κ3) is 4.37. The highest BCUT2D eigenvalue weighted by atomic mass is 32.2. The maximum Gasteiger partial charge on any atom is 0.238 e. The largest absolute Gasteiger partial charge is 0.454 e. The lowest BCUT2D eigenvalue weighted by Gasteiger charge is -2.32. The lowest BCUT2D eigenvalue weighted by atomic mass is 10.1. The number of fused-ring (bicyclic) bond motifs is 1. The number of hydrogen-bond acceptors (Lipinski definition) is 6. The molecule has 29 heavy (non-hydrogen) atoms. The number of carbonyl (C=O) groups is 2. The van der Waals surface area contributed by atoms with Crippen LogP contribution in [0.4, 0.5) is 5.69 Å². The number of benzene rings is 2. The summed E-state index contributed by atoms with van der Waals surface area (Å²) in [7, 11) is 0. The fourth-order valence-corrected chi connectivity index (χ4v) is 4.28. The first-order valence-corrected chi connectivity index (χ1v) is 10.3. The summed E-state index contributed by atoms with van der Waals surface area (Å²) in [5, 5.41) is 2.92. The highest BCUT2D eigenvalue weighted by molar-refractivity contribution is 8.15. The average molecular weight is 411 g/mol. The van der Waals surface area contributed by atoms with Crippen LogP contribution in [0.25, 0.3) is 0 Å². The standard InChI is InChI=1S/C21H21N3O4S/c1-2-22-21-24(12-14-8-9-16-17(10-14)28-13-27-16)19(25)11-18(29-21)20(26)23-15-6-4-3-5-7-15/h3-10,18H,2,11-13H2,1H3,(H,23,26).